The molecule has 0 bridgehead atoms. The maximum absolute atomic E-state index is 11.5. The minimum atomic E-state index is -0.198. The summed E-state index contributed by atoms with van der Waals surface area (Å²) >= 11 is 0. The van der Waals surface area contributed by atoms with Crippen LogP contribution in [0.2, 0.25) is 0 Å². The summed E-state index contributed by atoms with van der Waals surface area (Å²) < 4.78 is 15.4. The van der Waals surface area contributed by atoms with Crippen molar-refractivity contribution in [2.75, 3.05) is 20.4 Å². The first kappa shape index (κ1) is 9.79. The van der Waals surface area contributed by atoms with Gasteiger partial charge in [0.25, 0.3) is 0 Å². The van der Waals surface area contributed by atoms with E-state index in [1.807, 2.05) is 0 Å². The lowest BCUT2D eigenvalue weighted by Crippen LogP contribution is -2.14. The van der Waals surface area contributed by atoms with Crippen LogP contribution in [0.15, 0.2) is 12.1 Å². The molecule has 0 fully saturated rings. The smallest absolute Gasteiger partial charge is 0.231 e. The zero-order valence-corrected chi connectivity index (χ0v) is 8.28. The van der Waals surface area contributed by atoms with Crippen molar-refractivity contribution in [3.05, 3.63) is 17.7 Å². The molecule has 1 aliphatic rings. The van der Waals surface area contributed by atoms with E-state index in [-0.39, 0.29) is 19.1 Å². The van der Waals surface area contributed by atoms with Crippen LogP contribution < -0.4 is 19.9 Å². The molecule has 15 heavy (non-hydrogen) atoms. The van der Waals surface area contributed by atoms with Gasteiger partial charge in [-0.3, -0.25) is 4.79 Å². The van der Waals surface area contributed by atoms with Gasteiger partial charge in [-0.25, -0.2) is 0 Å². The monoisotopic (exact) mass is 209 g/mol. The number of Topliss-reactive ketones (excluding diaryl/α,β-unsaturated/α-hetero) is 1. The molecule has 2 rings (SSSR count). The Hall–Kier alpha value is -1.75. The average molecular weight is 209 g/mol. The fraction of sp³-hybridized carbons (Fsp3) is 0.300. The van der Waals surface area contributed by atoms with Crippen LogP contribution in [0.3, 0.4) is 0 Å². The van der Waals surface area contributed by atoms with Crippen molar-refractivity contribution in [1.82, 2.24) is 0 Å². The highest BCUT2D eigenvalue weighted by Crippen LogP contribution is 2.39. The summed E-state index contributed by atoms with van der Waals surface area (Å²) in [6.45, 7) is 0.0519. The number of nitrogens with two attached hydrogens (primary N) is 1. The lowest BCUT2D eigenvalue weighted by atomic mass is 10.1. The van der Waals surface area contributed by atoms with Crippen LogP contribution in [0.5, 0.6) is 17.2 Å². The van der Waals surface area contributed by atoms with Gasteiger partial charge in [-0.05, 0) is 6.07 Å². The van der Waals surface area contributed by atoms with Gasteiger partial charge in [0.05, 0.1) is 19.2 Å². The van der Waals surface area contributed by atoms with Gasteiger partial charge in [-0.15, -0.1) is 0 Å². The molecule has 1 aromatic rings. The third-order valence-electron chi connectivity index (χ3n) is 2.17. The highest BCUT2D eigenvalue weighted by atomic mass is 16.7. The Morgan fingerprint density at radius 3 is 3.00 bits per heavy atom. The zero-order chi connectivity index (χ0) is 10.8. The number of rotatable bonds is 3. The number of methoxy groups -OCH3 is 1. The van der Waals surface area contributed by atoms with Crippen LogP contribution in [0.1, 0.15) is 10.4 Å². The van der Waals surface area contributed by atoms with E-state index in [1.54, 1.807) is 12.1 Å². The maximum atomic E-state index is 11.5. The van der Waals surface area contributed by atoms with Crippen molar-refractivity contribution in [3.63, 3.8) is 0 Å². The fourth-order valence-corrected chi connectivity index (χ4v) is 1.42. The van der Waals surface area contributed by atoms with Gasteiger partial charge in [0.15, 0.2) is 17.3 Å². The zero-order valence-electron chi connectivity index (χ0n) is 8.28. The first-order chi connectivity index (χ1) is 7.26. The molecular formula is C10H11NO4. The summed E-state index contributed by atoms with van der Waals surface area (Å²) in [6.07, 6.45) is 0. The predicted molar refractivity (Wildman–Crippen MR) is 52.5 cm³/mol. The number of hydrogen-bond acceptors (Lipinski definition) is 5. The van der Waals surface area contributed by atoms with Crippen LogP contribution >= 0.6 is 0 Å². The topological polar surface area (TPSA) is 70.8 Å². The largest absolute Gasteiger partial charge is 0.497 e. The third kappa shape index (κ3) is 1.61. The second-order valence-electron chi connectivity index (χ2n) is 3.04. The molecule has 80 valence electrons. The molecule has 0 saturated heterocycles. The quantitative estimate of drug-likeness (QED) is 0.737. The Bertz CT molecular complexity index is 403. The Morgan fingerprint density at radius 1 is 1.53 bits per heavy atom. The van der Waals surface area contributed by atoms with Gasteiger partial charge in [0.1, 0.15) is 5.75 Å². The fourth-order valence-electron chi connectivity index (χ4n) is 1.42. The Kier molecular flexibility index (Phi) is 2.47. The van der Waals surface area contributed by atoms with Crippen molar-refractivity contribution in [3.8, 4) is 17.2 Å². The molecule has 0 radical (unpaired) electrons. The lowest BCUT2D eigenvalue weighted by Gasteiger charge is -2.06. The van der Waals surface area contributed by atoms with Gasteiger partial charge in [0.2, 0.25) is 6.79 Å². The molecule has 1 heterocycles. The van der Waals surface area contributed by atoms with E-state index in [0.29, 0.717) is 22.8 Å². The second kappa shape index (κ2) is 3.78. The summed E-state index contributed by atoms with van der Waals surface area (Å²) in [7, 11) is 1.52. The minimum Gasteiger partial charge on any atom is -0.497 e. The lowest BCUT2D eigenvalue weighted by molar-refractivity contribution is 0.0996. The van der Waals surface area contributed by atoms with Crippen molar-refractivity contribution >= 4 is 5.78 Å². The van der Waals surface area contributed by atoms with Gasteiger partial charge < -0.3 is 19.9 Å². The Labute approximate surface area is 86.7 Å². The van der Waals surface area contributed by atoms with E-state index in [9.17, 15) is 4.79 Å². The summed E-state index contributed by atoms with van der Waals surface area (Å²) in [6, 6.07) is 3.28. The molecule has 0 atom stereocenters. The molecule has 5 nitrogen and oxygen atoms in total. The molecule has 0 aliphatic carbocycles. The van der Waals surface area contributed by atoms with Crippen molar-refractivity contribution < 1.29 is 19.0 Å². The number of hydrogen-bond donors (Lipinski definition) is 1. The van der Waals surface area contributed by atoms with Crippen LogP contribution in [-0.2, 0) is 0 Å². The summed E-state index contributed by atoms with van der Waals surface area (Å²) in [5.41, 5.74) is 5.71. The summed E-state index contributed by atoms with van der Waals surface area (Å²) in [5.74, 6) is 1.32. The summed E-state index contributed by atoms with van der Waals surface area (Å²) in [5, 5.41) is 0. The second-order valence-corrected chi connectivity index (χ2v) is 3.04. The number of benzene rings is 1. The van der Waals surface area contributed by atoms with E-state index in [4.69, 9.17) is 19.9 Å². The van der Waals surface area contributed by atoms with Crippen LogP contribution in [-0.4, -0.2) is 26.2 Å². The van der Waals surface area contributed by atoms with Crippen LogP contribution in [0.4, 0.5) is 0 Å². The van der Waals surface area contributed by atoms with E-state index in [0.717, 1.165) is 0 Å². The van der Waals surface area contributed by atoms with Crippen molar-refractivity contribution in [2.24, 2.45) is 5.73 Å². The maximum Gasteiger partial charge on any atom is 0.231 e. The van der Waals surface area contributed by atoms with E-state index in [2.05, 4.69) is 0 Å². The number of carbonyl (C=O) groups is 1. The first-order valence-electron chi connectivity index (χ1n) is 4.47. The molecule has 0 saturated carbocycles. The van der Waals surface area contributed by atoms with E-state index >= 15 is 0 Å². The third-order valence-corrected chi connectivity index (χ3v) is 2.17. The predicted octanol–water partition coefficient (Wildman–Crippen LogP) is 0.565. The highest BCUT2D eigenvalue weighted by molar-refractivity contribution is 6.01. The molecular weight excluding hydrogens is 198 g/mol. The highest BCUT2D eigenvalue weighted by Gasteiger charge is 2.23. The molecule has 0 amide bonds. The van der Waals surface area contributed by atoms with E-state index in [1.165, 1.54) is 7.11 Å². The number of carbonyl (C=O) groups excluding carboxylic acids is 1. The van der Waals surface area contributed by atoms with Crippen molar-refractivity contribution in [2.45, 2.75) is 0 Å². The SMILES string of the molecule is COc1cc2c(c(C(=O)CN)c1)OCO2. The molecule has 0 aromatic heterocycles. The standard InChI is InChI=1S/C10H11NO4/c1-13-6-2-7(8(12)4-11)10-9(3-6)14-5-15-10/h2-3H,4-5,11H2,1H3. The molecule has 0 unspecified atom stereocenters. The number of ketones is 1. The Morgan fingerprint density at radius 2 is 2.33 bits per heavy atom. The molecule has 1 aromatic carbocycles. The minimum absolute atomic E-state index is 0.0665. The number of ether oxygens (including phenoxy) is 3. The summed E-state index contributed by atoms with van der Waals surface area (Å²) in [4.78, 5) is 11.5. The molecule has 2 N–H and O–H groups in total. The van der Waals surface area contributed by atoms with Crippen LogP contribution in [0, 0.1) is 0 Å². The first-order valence-corrected chi connectivity index (χ1v) is 4.47. The molecule has 5 heteroatoms. The normalized spacial score (nSPS) is 12.7. The van der Waals surface area contributed by atoms with Gasteiger partial charge in [-0.2, -0.15) is 0 Å². The van der Waals surface area contributed by atoms with Crippen LogP contribution in [0.25, 0.3) is 0 Å². The van der Waals surface area contributed by atoms with Gasteiger partial charge in [0, 0.05) is 6.07 Å². The Balaban J connectivity index is 2.52. The molecule has 1 aliphatic heterocycles. The average Bonchev–Trinajstić information content (AvgIpc) is 2.74. The van der Waals surface area contributed by atoms with E-state index < -0.39 is 0 Å². The molecule has 0 spiro atoms. The van der Waals surface area contributed by atoms with Crippen molar-refractivity contribution in [1.29, 1.82) is 0 Å². The van der Waals surface area contributed by atoms with Gasteiger partial charge in [-0.1, -0.05) is 0 Å². The van der Waals surface area contributed by atoms with Gasteiger partial charge >= 0.3 is 0 Å². The number of fused-ring (bicyclic) bond motifs is 1.